The summed E-state index contributed by atoms with van der Waals surface area (Å²) in [6.07, 6.45) is 0. The van der Waals surface area contributed by atoms with E-state index >= 15 is 0 Å². The van der Waals surface area contributed by atoms with Gasteiger partial charge in [0.15, 0.2) is 0 Å². The average Bonchev–Trinajstić information content (AvgIpc) is 2.46. The predicted molar refractivity (Wildman–Crippen MR) is 84.3 cm³/mol. The Kier molecular flexibility index (Phi) is 4.64. The number of nitrogens with zero attached hydrogens (tertiary/aromatic N) is 1. The van der Waals surface area contributed by atoms with Crippen LogP contribution < -0.4 is 10.0 Å². The third kappa shape index (κ3) is 3.43. The first-order chi connectivity index (χ1) is 9.93. The van der Waals surface area contributed by atoms with Crippen LogP contribution in [-0.4, -0.2) is 20.9 Å². The van der Waals surface area contributed by atoms with Crippen LogP contribution in [0.4, 0.5) is 5.69 Å². The predicted octanol–water partition coefficient (Wildman–Crippen LogP) is 2.13. The molecule has 0 fully saturated rings. The van der Waals surface area contributed by atoms with Gasteiger partial charge in [0.2, 0.25) is 5.91 Å². The molecule has 0 saturated heterocycles. The SMILES string of the molecule is NC(=O)CN(c1ccccc1Br)S(=O)(=O)c1ccccc1. The molecule has 0 aliphatic heterocycles. The smallest absolute Gasteiger partial charge is 0.264 e. The molecule has 0 atom stereocenters. The van der Waals surface area contributed by atoms with E-state index in [0.717, 1.165) is 4.31 Å². The maximum atomic E-state index is 12.7. The van der Waals surface area contributed by atoms with Crippen molar-refractivity contribution in [3.63, 3.8) is 0 Å². The van der Waals surface area contributed by atoms with E-state index < -0.39 is 22.5 Å². The number of carbonyl (C=O) groups is 1. The molecular weight excluding hydrogens is 356 g/mol. The standard InChI is InChI=1S/C14H13BrN2O3S/c15-12-8-4-5-9-13(12)17(10-14(16)18)21(19,20)11-6-2-1-3-7-11/h1-9H,10H2,(H2,16,18). The second kappa shape index (κ2) is 6.28. The van der Waals surface area contributed by atoms with E-state index in [-0.39, 0.29) is 4.90 Å². The van der Waals surface area contributed by atoms with Crippen molar-refractivity contribution in [2.45, 2.75) is 4.90 Å². The number of nitrogens with two attached hydrogens (primary N) is 1. The number of anilines is 1. The minimum atomic E-state index is -3.87. The molecule has 2 aromatic rings. The molecule has 7 heteroatoms. The average molecular weight is 369 g/mol. The zero-order chi connectivity index (χ0) is 15.5. The van der Waals surface area contributed by atoms with E-state index in [2.05, 4.69) is 15.9 Å². The molecule has 0 saturated carbocycles. The number of primary amides is 1. The molecule has 110 valence electrons. The van der Waals surface area contributed by atoms with Crippen molar-refractivity contribution in [3.8, 4) is 0 Å². The Bertz CT molecular complexity index is 748. The monoisotopic (exact) mass is 368 g/mol. The van der Waals surface area contributed by atoms with Crippen LogP contribution in [0.2, 0.25) is 0 Å². The van der Waals surface area contributed by atoms with Gasteiger partial charge in [-0.05, 0) is 40.2 Å². The molecule has 5 nitrogen and oxygen atoms in total. The van der Waals surface area contributed by atoms with Gasteiger partial charge in [0.1, 0.15) is 6.54 Å². The number of hydrogen-bond acceptors (Lipinski definition) is 3. The van der Waals surface area contributed by atoms with Gasteiger partial charge in [-0.2, -0.15) is 0 Å². The number of rotatable bonds is 5. The van der Waals surface area contributed by atoms with Gasteiger partial charge in [0, 0.05) is 4.47 Å². The summed E-state index contributed by atoms with van der Waals surface area (Å²) in [5.74, 6) is -0.731. The van der Waals surface area contributed by atoms with Gasteiger partial charge in [-0.15, -0.1) is 0 Å². The van der Waals surface area contributed by atoms with E-state index in [1.807, 2.05) is 0 Å². The van der Waals surface area contributed by atoms with Crippen LogP contribution in [0.25, 0.3) is 0 Å². The lowest BCUT2D eigenvalue weighted by Gasteiger charge is -2.24. The van der Waals surface area contributed by atoms with Gasteiger partial charge in [-0.25, -0.2) is 8.42 Å². The van der Waals surface area contributed by atoms with E-state index in [9.17, 15) is 13.2 Å². The Labute approximate surface area is 131 Å². The highest BCUT2D eigenvalue weighted by Crippen LogP contribution is 2.30. The fraction of sp³-hybridized carbons (Fsp3) is 0.0714. The van der Waals surface area contributed by atoms with Gasteiger partial charge in [-0.3, -0.25) is 9.10 Å². The Morgan fingerprint density at radius 1 is 1.05 bits per heavy atom. The first-order valence-corrected chi connectivity index (χ1v) is 8.27. The zero-order valence-electron chi connectivity index (χ0n) is 10.9. The molecule has 2 rings (SSSR count). The van der Waals surface area contributed by atoms with Gasteiger partial charge in [0.05, 0.1) is 10.6 Å². The van der Waals surface area contributed by atoms with Crippen molar-refractivity contribution < 1.29 is 13.2 Å². The molecule has 0 radical (unpaired) electrons. The van der Waals surface area contributed by atoms with Crippen LogP contribution in [0, 0.1) is 0 Å². The summed E-state index contributed by atoms with van der Waals surface area (Å²) in [6.45, 7) is -0.431. The third-order valence-electron chi connectivity index (χ3n) is 2.75. The number of halogens is 1. The normalized spacial score (nSPS) is 11.1. The van der Waals surface area contributed by atoms with Crippen LogP contribution in [-0.2, 0) is 14.8 Å². The third-order valence-corrected chi connectivity index (χ3v) is 5.20. The summed E-state index contributed by atoms with van der Waals surface area (Å²) in [5.41, 5.74) is 5.56. The van der Waals surface area contributed by atoms with E-state index in [1.165, 1.54) is 12.1 Å². The molecule has 1 amide bonds. The molecule has 0 unspecified atom stereocenters. The topological polar surface area (TPSA) is 80.5 Å². The molecule has 2 aromatic carbocycles. The van der Waals surface area contributed by atoms with Crippen molar-refractivity contribution in [1.82, 2.24) is 0 Å². The fourth-order valence-electron chi connectivity index (χ4n) is 1.81. The van der Waals surface area contributed by atoms with Gasteiger partial charge in [0.25, 0.3) is 10.0 Å². The summed E-state index contributed by atoms with van der Waals surface area (Å²) in [5, 5.41) is 0. The van der Waals surface area contributed by atoms with Gasteiger partial charge < -0.3 is 5.73 Å². The Morgan fingerprint density at radius 2 is 1.62 bits per heavy atom. The molecule has 0 aromatic heterocycles. The first kappa shape index (κ1) is 15.5. The summed E-state index contributed by atoms with van der Waals surface area (Å²) in [6, 6.07) is 14.7. The molecule has 0 aliphatic carbocycles. The quantitative estimate of drug-likeness (QED) is 0.877. The number of hydrogen-bond donors (Lipinski definition) is 1. The highest BCUT2D eigenvalue weighted by molar-refractivity contribution is 9.10. The molecule has 2 N–H and O–H groups in total. The van der Waals surface area contributed by atoms with Crippen LogP contribution >= 0.6 is 15.9 Å². The Morgan fingerprint density at radius 3 is 2.19 bits per heavy atom. The molecule has 0 bridgehead atoms. The van der Waals surface area contributed by atoms with Gasteiger partial charge >= 0.3 is 0 Å². The number of sulfonamides is 1. The minimum absolute atomic E-state index is 0.0991. The summed E-state index contributed by atoms with van der Waals surface area (Å²) in [4.78, 5) is 11.4. The Balaban J connectivity index is 2.56. The summed E-state index contributed by atoms with van der Waals surface area (Å²) in [7, 11) is -3.87. The lowest BCUT2D eigenvalue weighted by molar-refractivity contribution is -0.116. The number of amides is 1. The second-order valence-electron chi connectivity index (χ2n) is 4.24. The van der Waals surface area contributed by atoms with E-state index in [0.29, 0.717) is 10.2 Å². The minimum Gasteiger partial charge on any atom is -0.368 e. The summed E-state index contributed by atoms with van der Waals surface area (Å²) >= 11 is 3.29. The highest BCUT2D eigenvalue weighted by atomic mass is 79.9. The van der Waals surface area contributed by atoms with E-state index in [1.54, 1.807) is 42.5 Å². The fourth-order valence-corrected chi connectivity index (χ4v) is 3.90. The molecule has 21 heavy (non-hydrogen) atoms. The van der Waals surface area contributed by atoms with Crippen molar-refractivity contribution in [3.05, 3.63) is 59.1 Å². The second-order valence-corrected chi connectivity index (χ2v) is 6.96. The molecule has 0 spiro atoms. The lowest BCUT2D eigenvalue weighted by atomic mass is 10.3. The number of para-hydroxylation sites is 1. The van der Waals surface area contributed by atoms with E-state index in [4.69, 9.17) is 5.73 Å². The largest absolute Gasteiger partial charge is 0.368 e. The Hall–Kier alpha value is -1.86. The maximum absolute atomic E-state index is 12.7. The number of carbonyl (C=O) groups excluding carboxylic acids is 1. The van der Waals surface area contributed by atoms with Crippen molar-refractivity contribution in [2.75, 3.05) is 10.8 Å². The van der Waals surface area contributed by atoms with Crippen LogP contribution in [0.3, 0.4) is 0 Å². The van der Waals surface area contributed by atoms with Crippen molar-refractivity contribution >= 4 is 37.5 Å². The van der Waals surface area contributed by atoms with Crippen molar-refractivity contribution in [2.24, 2.45) is 5.73 Å². The van der Waals surface area contributed by atoms with Crippen LogP contribution in [0.5, 0.6) is 0 Å². The summed E-state index contributed by atoms with van der Waals surface area (Å²) < 4.78 is 27.0. The van der Waals surface area contributed by atoms with Crippen LogP contribution in [0.1, 0.15) is 0 Å². The van der Waals surface area contributed by atoms with Gasteiger partial charge in [-0.1, -0.05) is 30.3 Å². The number of benzene rings is 2. The molecule has 0 aliphatic rings. The molecule has 0 heterocycles. The van der Waals surface area contributed by atoms with Crippen molar-refractivity contribution in [1.29, 1.82) is 0 Å². The highest BCUT2D eigenvalue weighted by Gasteiger charge is 2.27. The molecular formula is C14H13BrN2O3S. The first-order valence-electron chi connectivity index (χ1n) is 6.03. The zero-order valence-corrected chi connectivity index (χ0v) is 13.3. The van der Waals surface area contributed by atoms with Crippen LogP contribution in [0.15, 0.2) is 64.0 Å². The maximum Gasteiger partial charge on any atom is 0.264 e. The lowest BCUT2D eigenvalue weighted by Crippen LogP contribution is -2.38.